The number of nitrogens with two attached hydrogens (primary N) is 1. The van der Waals surface area contributed by atoms with Gasteiger partial charge in [0.1, 0.15) is 5.75 Å². The van der Waals surface area contributed by atoms with Gasteiger partial charge in [-0.05, 0) is 30.9 Å². The van der Waals surface area contributed by atoms with Gasteiger partial charge < -0.3 is 25.4 Å². The highest BCUT2D eigenvalue weighted by atomic mass is 16.5. The van der Waals surface area contributed by atoms with Gasteiger partial charge in [0.25, 0.3) is 5.91 Å². The second-order valence-electron chi connectivity index (χ2n) is 8.52. The maximum Gasteiger partial charge on any atom is 0.255 e. The minimum absolute atomic E-state index is 0.0252. The summed E-state index contributed by atoms with van der Waals surface area (Å²) >= 11 is 0. The molecule has 0 radical (unpaired) electrons. The number of rotatable bonds is 5. The van der Waals surface area contributed by atoms with E-state index in [0.717, 1.165) is 57.5 Å². The second kappa shape index (κ2) is 9.22. The number of morpholine rings is 1. The van der Waals surface area contributed by atoms with Gasteiger partial charge in [0.15, 0.2) is 0 Å². The van der Waals surface area contributed by atoms with Crippen LogP contribution in [0.1, 0.15) is 35.7 Å². The summed E-state index contributed by atoms with van der Waals surface area (Å²) in [4.78, 5) is 28.6. The van der Waals surface area contributed by atoms with Crippen LogP contribution in [0, 0.1) is 5.92 Å². The number of carbonyl (C=O) groups is 2. The molecule has 1 aromatic rings. The standard InChI is InChI=1S/C22H32N4O4/c1-15(27)26-7-4-16(5-8-26)13-25-9-11-29-17(14-25)12-24-22(28)19-2-3-20(23)18-6-10-30-21(18)19/h2-3,16-17H,4-14,23H2,1H3,(H,24,28). The van der Waals surface area contributed by atoms with Crippen molar-refractivity contribution in [1.82, 2.24) is 15.1 Å². The summed E-state index contributed by atoms with van der Waals surface area (Å²) in [5, 5.41) is 3.00. The van der Waals surface area contributed by atoms with E-state index in [0.29, 0.717) is 42.7 Å². The molecule has 0 aliphatic carbocycles. The quantitative estimate of drug-likeness (QED) is 0.692. The Hall–Kier alpha value is -2.32. The van der Waals surface area contributed by atoms with Crippen LogP contribution in [0.4, 0.5) is 5.69 Å². The Morgan fingerprint density at radius 3 is 2.77 bits per heavy atom. The lowest BCUT2D eigenvalue weighted by atomic mass is 9.96. The van der Waals surface area contributed by atoms with Crippen LogP contribution >= 0.6 is 0 Å². The summed E-state index contributed by atoms with van der Waals surface area (Å²) in [6.07, 6.45) is 2.83. The number of hydrogen-bond donors (Lipinski definition) is 2. The van der Waals surface area contributed by atoms with Gasteiger partial charge in [-0.2, -0.15) is 0 Å². The number of nitrogens with one attached hydrogen (secondary N) is 1. The van der Waals surface area contributed by atoms with E-state index >= 15 is 0 Å². The molecule has 0 aromatic heterocycles. The number of hydrogen-bond acceptors (Lipinski definition) is 6. The van der Waals surface area contributed by atoms with E-state index in [2.05, 4.69) is 10.2 Å². The van der Waals surface area contributed by atoms with Gasteiger partial charge in [-0.25, -0.2) is 0 Å². The lowest BCUT2D eigenvalue weighted by Gasteiger charge is -2.38. The van der Waals surface area contributed by atoms with Crippen LogP contribution in [0.5, 0.6) is 5.75 Å². The Labute approximate surface area is 177 Å². The van der Waals surface area contributed by atoms with E-state index in [1.54, 1.807) is 19.1 Å². The Morgan fingerprint density at radius 2 is 2.00 bits per heavy atom. The smallest absolute Gasteiger partial charge is 0.255 e. The van der Waals surface area contributed by atoms with E-state index < -0.39 is 0 Å². The second-order valence-corrected chi connectivity index (χ2v) is 8.52. The first-order valence-corrected chi connectivity index (χ1v) is 10.9. The highest BCUT2D eigenvalue weighted by molar-refractivity contribution is 5.98. The van der Waals surface area contributed by atoms with Crippen molar-refractivity contribution in [3.8, 4) is 5.75 Å². The highest BCUT2D eigenvalue weighted by Crippen LogP contribution is 2.33. The molecular formula is C22H32N4O4. The lowest BCUT2D eigenvalue weighted by molar-refractivity contribution is -0.130. The molecule has 3 aliphatic heterocycles. The predicted molar refractivity (Wildman–Crippen MR) is 114 cm³/mol. The van der Waals surface area contributed by atoms with Crippen LogP contribution in [-0.2, 0) is 16.0 Å². The van der Waals surface area contributed by atoms with Gasteiger partial charge in [0, 0.05) is 63.9 Å². The Kier molecular flexibility index (Phi) is 6.43. The van der Waals surface area contributed by atoms with Crippen LogP contribution in [0.25, 0.3) is 0 Å². The first kappa shape index (κ1) is 20.9. The number of piperidine rings is 1. The number of carbonyl (C=O) groups excluding carboxylic acids is 2. The molecule has 1 unspecified atom stereocenters. The van der Waals surface area contributed by atoms with Crippen molar-refractivity contribution in [2.75, 3.05) is 58.2 Å². The van der Waals surface area contributed by atoms with E-state index in [4.69, 9.17) is 15.2 Å². The molecule has 3 N–H and O–H groups in total. The Morgan fingerprint density at radius 1 is 1.20 bits per heavy atom. The topological polar surface area (TPSA) is 97.1 Å². The maximum atomic E-state index is 12.7. The molecule has 0 saturated carbocycles. The predicted octanol–water partition coefficient (Wildman–Crippen LogP) is 0.893. The fraction of sp³-hybridized carbons (Fsp3) is 0.636. The fourth-order valence-corrected chi connectivity index (χ4v) is 4.67. The molecule has 30 heavy (non-hydrogen) atoms. The van der Waals surface area contributed by atoms with Crippen molar-refractivity contribution >= 4 is 17.5 Å². The van der Waals surface area contributed by atoms with Gasteiger partial charge >= 0.3 is 0 Å². The number of nitrogen functional groups attached to an aromatic ring is 1. The number of nitrogens with zero attached hydrogens (tertiary/aromatic N) is 2. The average Bonchev–Trinajstić information content (AvgIpc) is 3.24. The Bertz CT molecular complexity index is 792. The van der Waals surface area contributed by atoms with Crippen molar-refractivity contribution in [2.45, 2.75) is 32.3 Å². The number of fused-ring (bicyclic) bond motifs is 1. The molecule has 8 heteroatoms. The van der Waals surface area contributed by atoms with E-state index in [1.807, 2.05) is 4.90 Å². The molecule has 3 heterocycles. The van der Waals surface area contributed by atoms with Crippen molar-refractivity contribution in [1.29, 1.82) is 0 Å². The summed E-state index contributed by atoms with van der Waals surface area (Å²) in [5.41, 5.74) is 8.14. The normalized spacial score (nSPS) is 22.4. The number of ether oxygens (including phenoxy) is 2. The molecule has 2 amide bonds. The van der Waals surface area contributed by atoms with Crippen LogP contribution in [-0.4, -0.2) is 80.2 Å². The van der Waals surface area contributed by atoms with E-state index in [1.165, 1.54) is 0 Å². The molecule has 8 nitrogen and oxygen atoms in total. The van der Waals surface area contributed by atoms with Crippen LogP contribution in [0.15, 0.2) is 12.1 Å². The molecule has 4 rings (SSSR count). The summed E-state index contributed by atoms with van der Waals surface area (Å²) in [7, 11) is 0. The van der Waals surface area contributed by atoms with Gasteiger partial charge in [-0.1, -0.05) is 0 Å². The largest absolute Gasteiger partial charge is 0.492 e. The van der Waals surface area contributed by atoms with Crippen LogP contribution in [0.3, 0.4) is 0 Å². The molecular weight excluding hydrogens is 384 g/mol. The molecule has 3 aliphatic rings. The summed E-state index contributed by atoms with van der Waals surface area (Å²) < 4.78 is 11.5. The summed E-state index contributed by atoms with van der Waals surface area (Å²) in [6, 6.07) is 3.51. The highest BCUT2D eigenvalue weighted by Gasteiger charge is 2.27. The first-order chi connectivity index (χ1) is 14.5. The van der Waals surface area contributed by atoms with Crippen molar-refractivity contribution in [3.05, 3.63) is 23.3 Å². The number of anilines is 1. The van der Waals surface area contributed by atoms with Crippen molar-refractivity contribution < 1.29 is 19.1 Å². The van der Waals surface area contributed by atoms with Crippen molar-refractivity contribution in [3.63, 3.8) is 0 Å². The van der Waals surface area contributed by atoms with E-state index in [9.17, 15) is 9.59 Å². The number of amides is 2. The third kappa shape index (κ3) is 4.70. The minimum Gasteiger partial charge on any atom is -0.492 e. The Balaban J connectivity index is 1.25. The zero-order valence-electron chi connectivity index (χ0n) is 17.7. The van der Waals surface area contributed by atoms with Gasteiger partial charge in [0.05, 0.1) is 24.9 Å². The average molecular weight is 417 g/mol. The number of benzene rings is 1. The van der Waals surface area contributed by atoms with Gasteiger partial charge in [-0.3, -0.25) is 14.5 Å². The molecule has 164 valence electrons. The molecule has 2 saturated heterocycles. The van der Waals surface area contributed by atoms with Crippen LogP contribution in [0.2, 0.25) is 0 Å². The first-order valence-electron chi connectivity index (χ1n) is 10.9. The molecule has 0 bridgehead atoms. The molecule has 0 spiro atoms. The third-order valence-corrected chi connectivity index (χ3v) is 6.43. The molecule has 2 fully saturated rings. The van der Waals surface area contributed by atoms with Gasteiger partial charge in [-0.15, -0.1) is 0 Å². The van der Waals surface area contributed by atoms with Gasteiger partial charge in [0.2, 0.25) is 5.91 Å². The monoisotopic (exact) mass is 416 g/mol. The minimum atomic E-state index is -0.148. The maximum absolute atomic E-state index is 12.7. The molecule has 1 aromatic carbocycles. The zero-order valence-corrected chi connectivity index (χ0v) is 17.7. The van der Waals surface area contributed by atoms with Crippen molar-refractivity contribution in [2.24, 2.45) is 5.92 Å². The molecule has 1 atom stereocenters. The zero-order chi connectivity index (χ0) is 21.1. The fourth-order valence-electron chi connectivity index (χ4n) is 4.67. The lowest BCUT2D eigenvalue weighted by Crippen LogP contribution is -2.49. The third-order valence-electron chi connectivity index (χ3n) is 6.43. The number of likely N-dealkylation sites (tertiary alicyclic amines) is 1. The summed E-state index contributed by atoms with van der Waals surface area (Å²) in [5.74, 6) is 1.26. The summed E-state index contributed by atoms with van der Waals surface area (Å²) in [6.45, 7) is 7.82. The van der Waals surface area contributed by atoms with E-state index in [-0.39, 0.29) is 17.9 Å². The van der Waals surface area contributed by atoms with Crippen LogP contribution < -0.4 is 15.8 Å². The SMILES string of the molecule is CC(=O)N1CCC(CN2CCOC(CNC(=O)c3ccc(N)c4c3OCC4)C2)CC1.